The zero-order chi connectivity index (χ0) is 20.7. The van der Waals surface area contributed by atoms with Crippen LogP contribution in [0.5, 0.6) is 5.75 Å². The van der Waals surface area contributed by atoms with Crippen molar-refractivity contribution in [2.24, 2.45) is 0 Å². The number of nitrogens with one attached hydrogen (secondary N) is 1. The first-order valence-corrected chi connectivity index (χ1v) is 10.5. The van der Waals surface area contributed by atoms with Crippen LogP contribution < -0.4 is 10.2 Å². The predicted octanol–water partition coefficient (Wildman–Crippen LogP) is 3.33. The molecule has 2 bridgehead atoms. The summed E-state index contributed by atoms with van der Waals surface area (Å²) in [6.45, 7) is 1.85. The average molecular weight is 403 g/mol. The molecule has 154 valence electrons. The van der Waals surface area contributed by atoms with Gasteiger partial charge in [0.1, 0.15) is 11.6 Å². The minimum absolute atomic E-state index is 0.165. The number of hydrogen-bond donors (Lipinski definition) is 2. The summed E-state index contributed by atoms with van der Waals surface area (Å²) in [5.74, 6) is 1.76. The summed E-state index contributed by atoms with van der Waals surface area (Å²) in [5.41, 5.74) is 3.04. The van der Waals surface area contributed by atoms with Crippen LogP contribution in [0.15, 0.2) is 42.7 Å². The molecule has 5 rings (SSSR count). The predicted molar refractivity (Wildman–Crippen MR) is 116 cm³/mol. The molecule has 30 heavy (non-hydrogen) atoms. The van der Waals surface area contributed by atoms with Gasteiger partial charge in [0.2, 0.25) is 0 Å². The summed E-state index contributed by atoms with van der Waals surface area (Å²) in [5, 5.41) is 23.1. The second-order valence-electron chi connectivity index (χ2n) is 8.40. The second-order valence-corrected chi connectivity index (χ2v) is 8.40. The lowest BCUT2D eigenvalue weighted by Gasteiger charge is -2.36. The smallest absolute Gasteiger partial charge is 0.151 e. The van der Waals surface area contributed by atoms with E-state index in [0.29, 0.717) is 29.4 Å². The second kappa shape index (κ2) is 7.65. The summed E-state index contributed by atoms with van der Waals surface area (Å²) in [4.78, 5) is 10.7. The quantitative estimate of drug-likeness (QED) is 0.692. The number of aromatic nitrogens is 4. The summed E-state index contributed by atoms with van der Waals surface area (Å²) in [7, 11) is 2.11. The summed E-state index contributed by atoms with van der Waals surface area (Å²) < 4.78 is 0. The maximum Gasteiger partial charge on any atom is 0.151 e. The molecule has 7 heteroatoms. The van der Waals surface area contributed by atoms with Gasteiger partial charge in [0.15, 0.2) is 5.82 Å². The normalized spacial score (nSPS) is 22.8. The monoisotopic (exact) mass is 402 g/mol. The molecule has 2 aliphatic rings. The van der Waals surface area contributed by atoms with Crippen LogP contribution >= 0.6 is 0 Å². The zero-order valence-corrected chi connectivity index (χ0v) is 17.3. The van der Waals surface area contributed by atoms with Crippen molar-refractivity contribution in [3.8, 4) is 28.1 Å². The Morgan fingerprint density at radius 2 is 1.70 bits per heavy atom. The maximum atomic E-state index is 10.6. The largest absolute Gasteiger partial charge is 0.507 e. The molecule has 2 aromatic heterocycles. The first-order chi connectivity index (χ1) is 14.6. The number of phenolic OH excluding ortho intramolecular Hbond substituents is 1. The van der Waals surface area contributed by atoms with E-state index in [-0.39, 0.29) is 5.75 Å². The highest BCUT2D eigenvalue weighted by atomic mass is 16.3. The van der Waals surface area contributed by atoms with E-state index < -0.39 is 0 Å². The van der Waals surface area contributed by atoms with Crippen molar-refractivity contribution in [3.05, 3.63) is 48.5 Å². The van der Waals surface area contributed by atoms with E-state index in [0.717, 1.165) is 35.6 Å². The summed E-state index contributed by atoms with van der Waals surface area (Å²) >= 11 is 0. The Bertz CT molecular complexity index is 1020. The van der Waals surface area contributed by atoms with E-state index in [1.807, 2.05) is 31.2 Å². The van der Waals surface area contributed by atoms with Crippen molar-refractivity contribution in [3.63, 3.8) is 0 Å². The van der Waals surface area contributed by atoms with Crippen LogP contribution in [0, 0.1) is 6.92 Å². The van der Waals surface area contributed by atoms with Crippen LogP contribution in [0.25, 0.3) is 22.4 Å². The molecule has 2 aliphatic heterocycles. The number of benzene rings is 1. The van der Waals surface area contributed by atoms with E-state index in [2.05, 4.69) is 37.4 Å². The molecule has 2 fully saturated rings. The third-order valence-corrected chi connectivity index (χ3v) is 6.40. The lowest BCUT2D eigenvalue weighted by Crippen LogP contribution is -2.47. The van der Waals surface area contributed by atoms with Crippen LogP contribution in [-0.4, -0.2) is 50.4 Å². The molecule has 0 radical (unpaired) electrons. The van der Waals surface area contributed by atoms with Crippen LogP contribution in [0.1, 0.15) is 31.5 Å². The third kappa shape index (κ3) is 3.61. The summed E-state index contributed by atoms with van der Waals surface area (Å²) in [6.07, 6.45) is 8.39. The first kappa shape index (κ1) is 18.9. The fraction of sp³-hybridized carbons (Fsp3) is 0.391. The number of aromatic hydroxyl groups is 1. The van der Waals surface area contributed by atoms with E-state index in [1.165, 1.54) is 12.8 Å². The fourth-order valence-electron chi connectivity index (χ4n) is 4.66. The molecule has 2 N–H and O–H groups in total. The zero-order valence-electron chi connectivity index (χ0n) is 17.3. The number of nitrogens with zero attached hydrogens (tertiary/aromatic N) is 5. The molecule has 3 aromatic rings. The SMILES string of the molecule is Cc1ncc(-c2ccc(-c3ccc(N(C)C4C[C@H]5CC[C@@H](C4)N5)nn3)c(O)c2)cn1. The van der Waals surface area contributed by atoms with E-state index in [9.17, 15) is 5.11 Å². The standard InChI is InChI=1S/C23H26N6O/c1-14-24-12-16(13-25-14)15-3-6-20(22(30)9-15)21-7-8-23(28-27-21)29(2)19-10-17-4-5-18(11-19)26-17/h3,6-9,12-13,17-19,26,30H,4-5,10-11H2,1-2H3/t17-,18+,19?. The minimum Gasteiger partial charge on any atom is -0.507 e. The molecule has 3 atom stereocenters. The number of hydrogen-bond acceptors (Lipinski definition) is 7. The average Bonchev–Trinajstić information content (AvgIpc) is 3.11. The fourth-order valence-corrected chi connectivity index (χ4v) is 4.66. The molecule has 1 unspecified atom stereocenters. The maximum absolute atomic E-state index is 10.6. The van der Waals surface area contributed by atoms with Crippen molar-refractivity contribution >= 4 is 5.82 Å². The minimum atomic E-state index is 0.165. The molecular weight excluding hydrogens is 376 g/mol. The van der Waals surface area contributed by atoms with Gasteiger partial charge in [-0.2, -0.15) is 0 Å². The van der Waals surface area contributed by atoms with Crippen LogP contribution in [0.2, 0.25) is 0 Å². The van der Waals surface area contributed by atoms with Gasteiger partial charge in [-0.1, -0.05) is 6.07 Å². The Labute approximate surface area is 176 Å². The lowest BCUT2D eigenvalue weighted by molar-refractivity contribution is 0.353. The van der Waals surface area contributed by atoms with Crippen molar-refractivity contribution in [1.82, 2.24) is 25.5 Å². The molecule has 4 heterocycles. The Hall–Kier alpha value is -3.06. The molecule has 7 nitrogen and oxygen atoms in total. The van der Waals surface area contributed by atoms with Gasteiger partial charge < -0.3 is 15.3 Å². The number of rotatable bonds is 4. The Kier molecular flexibility index (Phi) is 4.83. The van der Waals surface area contributed by atoms with Crippen molar-refractivity contribution in [2.75, 3.05) is 11.9 Å². The number of aryl methyl sites for hydroxylation is 1. The van der Waals surface area contributed by atoms with Gasteiger partial charge in [-0.25, -0.2) is 9.97 Å². The number of piperidine rings is 1. The van der Waals surface area contributed by atoms with Gasteiger partial charge in [-0.05, 0) is 62.4 Å². The Morgan fingerprint density at radius 3 is 2.33 bits per heavy atom. The van der Waals surface area contributed by atoms with Crippen molar-refractivity contribution < 1.29 is 5.11 Å². The molecule has 1 aromatic carbocycles. The van der Waals surface area contributed by atoms with Gasteiger partial charge >= 0.3 is 0 Å². The molecular formula is C23H26N6O. The number of fused-ring (bicyclic) bond motifs is 2. The van der Waals surface area contributed by atoms with Gasteiger partial charge in [0.05, 0.1) is 5.69 Å². The molecule has 0 saturated carbocycles. The van der Waals surface area contributed by atoms with E-state index >= 15 is 0 Å². The molecule has 0 spiro atoms. The highest BCUT2D eigenvalue weighted by Crippen LogP contribution is 2.34. The van der Waals surface area contributed by atoms with Gasteiger partial charge in [-0.15, -0.1) is 10.2 Å². The molecule has 2 saturated heterocycles. The van der Waals surface area contributed by atoms with Crippen LogP contribution in [-0.2, 0) is 0 Å². The Morgan fingerprint density at radius 1 is 0.967 bits per heavy atom. The number of phenols is 1. The first-order valence-electron chi connectivity index (χ1n) is 10.5. The number of anilines is 1. The van der Waals surface area contributed by atoms with E-state index in [1.54, 1.807) is 18.5 Å². The van der Waals surface area contributed by atoms with Gasteiger partial charge in [0, 0.05) is 48.7 Å². The van der Waals surface area contributed by atoms with Gasteiger partial charge in [0.25, 0.3) is 0 Å². The topological polar surface area (TPSA) is 87.1 Å². The van der Waals surface area contributed by atoms with Gasteiger partial charge in [-0.3, -0.25) is 0 Å². The highest BCUT2D eigenvalue weighted by Gasteiger charge is 2.35. The van der Waals surface area contributed by atoms with Crippen LogP contribution in [0.4, 0.5) is 5.82 Å². The molecule has 0 amide bonds. The van der Waals surface area contributed by atoms with Crippen LogP contribution in [0.3, 0.4) is 0 Å². The van der Waals surface area contributed by atoms with Crippen molar-refractivity contribution in [2.45, 2.75) is 50.7 Å². The third-order valence-electron chi connectivity index (χ3n) is 6.40. The summed E-state index contributed by atoms with van der Waals surface area (Å²) in [6, 6.07) is 11.2. The van der Waals surface area contributed by atoms with E-state index in [4.69, 9.17) is 0 Å². The highest BCUT2D eigenvalue weighted by molar-refractivity contribution is 5.73. The lowest BCUT2D eigenvalue weighted by atomic mass is 9.98. The van der Waals surface area contributed by atoms with Crippen molar-refractivity contribution in [1.29, 1.82) is 0 Å². The molecule has 0 aliphatic carbocycles. The Balaban J connectivity index is 1.34.